The third-order valence-electron chi connectivity index (χ3n) is 2.71. The molecule has 0 bridgehead atoms. The maximum atomic E-state index is 12.3. The molecule has 0 radical (unpaired) electrons. The van der Waals surface area contributed by atoms with Crippen LogP contribution < -0.4 is 10.5 Å². The Morgan fingerprint density at radius 3 is 2.35 bits per heavy atom. The third kappa shape index (κ3) is 5.53. The van der Waals surface area contributed by atoms with Crippen LogP contribution >= 0.6 is 0 Å². The van der Waals surface area contributed by atoms with Crippen molar-refractivity contribution in [1.29, 1.82) is 0 Å². The van der Waals surface area contributed by atoms with E-state index in [1.54, 1.807) is 24.3 Å². The summed E-state index contributed by atoms with van der Waals surface area (Å²) in [6.07, 6.45) is 0.955. The predicted octanol–water partition coefficient (Wildman–Crippen LogP) is 3.50. The average Bonchev–Trinajstić information content (AvgIpc) is 2.38. The monoisotopic (exact) mass is 279 g/mol. The summed E-state index contributed by atoms with van der Waals surface area (Å²) in [5.74, 6) is 0.695. The Hall–Kier alpha value is -1.68. The molecule has 0 fully saturated rings. The number of hydrogen-bond acceptors (Lipinski definition) is 3. The normalized spacial score (nSPS) is 12.3. The Morgan fingerprint density at radius 1 is 1.30 bits per heavy atom. The zero-order valence-electron chi connectivity index (χ0n) is 12.3. The van der Waals surface area contributed by atoms with E-state index in [1.807, 2.05) is 20.8 Å². The smallest absolute Gasteiger partial charge is 0.163 e. The Morgan fingerprint density at radius 2 is 1.90 bits per heavy atom. The van der Waals surface area contributed by atoms with Crippen LogP contribution in [-0.4, -0.2) is 18.9 Å². The predicted molar refractivity (Wildman–Crippen MR) is 78.6 cm³/mol. The first-order chi connectivity index (χ1) is 9.35. The van der Waals surface area contributed by atoms with Crippen LogP contribution in [0.4, 0.5) is 4.39 Å². The minimum atomic E-state index is -0.0335. The molecule has 20 heavy (non-hydrogen) atoms. The second-order valence-corrected chi connectivity index (χ2v) is 5.95. The molecule has 0 aromatic heterocycles. The molecule has 0 saturated heterocycles. The van der Waals surface area contributed by atoms with Crippen molar-refractivity contribution in [2.24, 2.45) is 11.1 Å². The number of hydrogen-bond donors (Lipinski definition) is 1. The maximum Gasteiger partial charge on any atom is 0.163 e. The second kappa shape index (κ2) is 7.20. The number of rotatable bonds is 6. The molecular weight excluding hydrogens is 257 g/mol. The summed E-state index contributed by atoms with van der Waals surface area (Å²) in [5.41, 5.74) is 6.35. The molecule has 0 aliphatic heterocycles. The highest BCUT2D eigenvalue weighted by atomic mass is 19.1. The van der Waals surface area contributed by atoms with Crippen molar-refractivity contribution in [2.45, 2.75) is 27.2 Å². The summed E-state index contributed by atoms with van der Waals surface area (Å²) in [7, 11) is 0. The van der Waals surface area contributed by atoms with Crippen LogP contribution in [0.5, 0.6) is 5.75 Å². The highest BCUT2D eigenvalue weighted by Crippen LogP contribution is 2.22. The molecule has 0 amide bonds. The van der Waals surface area contributed by atoms with Crippen LogP contribution in [0.1, 0.15) is 37.6 Å². The fourth-order valence-corrected chi connectivity index (χ4v) is 1.63. The van der Waals surface area contributed by atoms with Gasteiger partial charge in [0, 0.05) is 24.1 Å². The van der Waals surface area contributed by atoms with E-state index < -0.39 is 0 Å². The van der Waals surface area contributed by atoms with Crippen LogP contribution in [-0.2, 0) is 0 Å². The molecule has 1 aromatic rings. The van der Waals surface area contributed by atoms with E-state index in [-0.39, 0.29) is 24.3 Å². The van der Waals surface area contributed by atoms with E-state index >= 15 is 0 Å². The lowest BCUT2D eigenvalue weighted by atomic mass is 9.88. The Kier molecular flexibility index (Phi) is 5.89. The molecule has 0 spiro atoms. The fourth-order valence-electron chi connectivity index (χ4n) is 1.63. The standard InChI is InChI=1S/C16H22FNO2/c1-16(2,3)8-15(19)13-4-6-14(7-5-13)20-11-12(9-17)10-18/h4-7,9H,8,10-11,18H2,1-3H3/b12-9-. The molecule has 0 unspecified atom stereocenters. The van der Waals surface area contributed by atoms with Crippen molar-refractivity contribution in [3.63, 3.8) is 0 Å². The molecule has 110 valence electrons. The highest BCUT2D eigenvalue weighted by molar-refractivity contribution is 5.96. The van der Waals surface area contributed by atoms with Gasteiger partial charge in [0.15, 0.2) is 5.78 Å². The summed E-state index contributed by atoms with van der Waals surface area (Å²) in [6, 6.07) is 6.87. The van der Waals surface area contributed by atoms with E-state index in [2.05, 4.69) is 0 Å². The zero-order valence-corrected chi connectivity index (χ0v) is 12.3. The van der Waals surface area contributed by atoms with Gasteiger partial charge in [-0.2, -0.15) is 0 Å². The lowest BCUT2D eigenvalue weighted by Gasteiger charge is -2.16. The first-order valence-corrected chi connectivity index (χ1v) is 6.60. The van der Waals surface area contributed by atoms with Gasteiger partial charge in [-0.25, -0.2) is 4.39 Å². The van der Waals surface area contributed by atoms with Crippen molar-refractivity contribution in [2.75, 3.05) is 13.2 Å². The molecule has 0 saturated carbocycles. The number of benzene rings is 1. The van der Waals surface area contributed by atoms with Gasteiger partial charge in [0.25, 0.3) is 0 Å². The van der Waals surface area contributed by atoms with E-state index in [4.69, 9.17) is 10.5 Å². The fraction of sp³-hybridized carbons (Fsp3) is 0.438. The lowest BCUT2D eigenvalue weighted by molar-refractivity contribution is 0.0940. The number of ketones is 1. The second-order valence-electron chi connectivity index (χ2n) is 5.95. The molecule has 0 aliphatic rings. The summed E-state index contributed by atoms with van der Waals surface area (Å²) in [4.78, 5) is 12.0. The summed E-state index contributed by atoms with van der Waals surface area (Å²) in [6.45, 7) is 6.32. The summed E-state index contributed by atoms with van der Waals surface area (Å²) < 4.78 is 17.7. The number of nitrogens with two attached hydrogens (primary N) is 1. The molecular formula is C16H22FNO2. The van der Waals surface area contributed by atoms with Gasteiger partial charge in [-0.15, -0.1) is 0 Å². The van der Waals surface area contributed by atoms with Crippen LogP contribution in [0.2, 0.25) is 0 Å². The molecule has 0 aliphatic carbocycles. The SMILES string of the molecule is CC(C)(C)CC(=O)c1ccc(OC/C(=C\F)CN)cc1. The van der Waals surface area contributed by atoms with Crippen molar-refractivity contribution in [3.8, 4) is 5.75 Å². The van der Waals surface area contributed by atoms with E-state index in [0.29, 0.717) is 29.6 Å². The van der Waals surface area contributed by atoms with Gasteiger partial charge in [-0.05, 0) is 29.7 Å². The molecule has 3 nitrogen and oxygen atoms in total. The zero-order chi connectivity index (χ0) is 15.2. The summed E-state index contributed by atoms with van der Waals surface area (Å²) >= 11 is 0. The largest absolute Gasteiger partial charge is 0.489 e. The minimum absolute atomic E-state index is 0.0335. The van der Waals surface area contributed by atoms with E-state index in [1.165, 1.54) is 0 Å². The maximum absolute atomic E-state index is 12.3. The topological polar surface area (TPSA) is 52.3 Å². The van der Waals surface area contributed by atoms with Crippen LogP contribution in [0, 0.1) is 5.41 Å². The summed E-state index contributed by atoms with van der Waals surface area (Å²) in [5, 5.41) is 0. The first kappa shape index (κ1) is 16.4. The number of halogens is 1. The molecule has 0 heterocycles. The van der Waals surface area contributed by atoms with Gasteiger partial charge >= 0.3 is 0 Å². The number of carbonyl (C=O) groups is 1. The van der Waals surface area contributed by atoms with Crippen molar-refractivity contribution >= 4 is 5.78 Å². The van der Waals surface area contributed by atoms with Crippen LogP contribution in [0.15, 0.2) is 36.2 Å². The van der Waals surface area contributed by atoms with E-state index in [0.717, 1.165) is 0 Å². The Labute approximate surface area is 119 Å². The molecule has 2 N–H and O–H groups in total. The van der Waals surface area contributed by atoms with Crippen LogP contribution in [0.3, 0.4) is 0 Å². The number of Topliss-reactive ketones (excluding diaryl/α,β-unsaturated/α-hetero) is 1. The lowest BCUT2D eigenvalue weighted by Crippen LogP contribution is -2.13. The Bertz CT molecular complexity index is 472. The van der Waals surface area contributed by atoms with Crippen LogP contribution in [0.25, 0.3) is 0 Å². The van der Waals surface area contributed by atoms with Crippen molar-refractivity contribution in [3.05, 3.63) is 41.7 Å². The highest BCUT2D eigenvalue weighted by Gasteiger charge is 2.17. The van der Waals surface area contributed by atoms with Gasteiger partial charge in [0.2, 0.25) is 0 Å². The molecule has 4 heteroatoms. The van der Waals surface area contributed by atoms with Gasteiger partial charge in [-0.1, -0.05) is 20.8 Å². The first-order valence-electron chi connectivity index (χ1n) is 6.60. The molecule has 0 atom stereocenters. The van der Waals surface area contributed by atoms with Crippen molar-refractivity contribution in [1.82, 2.24) is 0 Å². The van der Waals surface area contributed by atoms with Gasteiger partial charge in [0.05, 0.1) is 6.33 Å². The Balaban J connectivity index is 2.63. The minimum Gasteiger partial charge on any atom is -0.489 e. The average molecular weight is 279 g/mol. The van der Waals surface area contributed by atoms with E-state index in [9.17, 15) is 9.18 Å². The van der Waals surface area contributed by atoms with Gasteiger partial charge in [-0.3, -0.25) is 4.79 Å². The molecule has 1 rings (SSSR count). The van der Waals surface area contributed by atoms with Gasteiger partial charge < -0.3 is 10.5 Å². The number of carbonyl (C=O) groups excluding carboxylic acids is 1. The third-order valence-corrected chi connectivity index (χ3v) is 2.71. The molecule has 1 aromatic carbocycles. The number of ether oxygens (including phenoxy) is 1. The van der Waals surface area contributed by atoms with Gasteiger partial charge in [0.1, 0.15) is 12.4 Å². The van der Waals surface area contributed by atoms with Crippen molar-refractivity contribution < 1.29 is 13.9 Å². The quantitative estimate of drug-likeness (QED) is 0.811.